The van der Waals surface area contributed by atoms with Gasteiger partial charge in [-0.1, -0.05) is 19.1 Å². The molecule has 2 aromatic heterocycles. The molecule has 0 atom stereocenters. The van der Waals surface area contributed by atoms with Crippen molar-refractivity contribution in [3.63, 3.8) is 0 Å². The summed E-state index contributed by atoms with van der Waals surface area (Å²) in [6.45, 7) is 4.93. The molecule has 0 saturated carbocycles. The summed E-state index contributed by atoms with van der Waals surface area (Å²) in [6, 6.07) is 17.8. The first-order chi connectivity index (χ1) is 13.5. The zero-order valence-electron chi connectivity index (χ0n) is 16.4. The fourth-order valence-corrected chi connectivity index (χ4v) is 3.05. The number of carbonyl (C=O) groups is 1. The molecule has 0 fully saturated rings. The summed E-state index contributed by atoms with van der Waals surface area (Å²) in [5.41, 5.74) is 3.22. The van der Waals surface area contributed by atoms with Gasteiger partial charge in [-0.25, -0.2) is 0 Å². The van der Waals surface area contributed by atoms with E-state index in [2.05, 4.69) is 47.2 Å². The molecule has 0 unspecified atom stereocenters. The number of fused-ring (bicyclic) bond motifs is 3. The van der Waals surface area contributed by atoms with Crippen molar-refractivity contribution in [2.75, 3.05) is 0 Å². The Hall–Kier alpha value is -2.88. The average molecular weight is 562 g/mol. The Morgan fingerprint density at radius 3 is 2.48 bits per heavy atom. The number of aryl methyl sites for hydroxylation is 1. The zero-order valence-corrected chi connectivity index (χ0v) is 18.8. The summed E-state index contributed by atoms with van der Waals surface area (Å²) in [5.74, 6) is -0.0625. The molecule has 29 heavy (non-hydrogen) atoms. The minimum absolute atomic E-state index is 0. The smallest absolute Gasteiger partial charge is 0.155 e. The van der Waals surface area contributed by atoms with Gasteiger partial charge in [0.25, 0.3) is 0 Å². The van der Waals surface area contributed by atoms with Crippen molar-refractivity contribution in [2.24, 2.45) is 0 Å². The van der Waals surface area contributed by atoms with Crippen molar-refractivity contribution in [1.29, 1.82) is 0 Å². The number of aliphatic hydroxyl groups excluding tert-OH is 1. The second-order valence-corrected chi connectivity index (χ2v) is 6.59. The molecule has 0 aliphatic carbocycles. The second kappa shape index (κ2) is 10.1. The predicted octanol–water partition coefficient (Wildman–Crippen LogP) is 5.59. The van der Waals surface area contributed by atoms with E-state index in [9.17, 15) is 4.79 Å². The second-order valence-electron chi connectivity index (χ2n) is 6.59. The number of allylic oxidation sites excluding steroid dienone is 2. The van der Waals surface area contributed by atoms with Gasteiger partial charge in [0.2, 0.25) is 0 Å². The van der Waals surface area contributed by atoms with Crippen molar-refractivity contribution in [3.05, 3.63) is 84.5 Å². The number of carbonyl (C=O) groups excluding carboxylic acids is 1. The van der Waals surface area contributed by atoms with Gasteiger partial charge in [-0.15, -0.1) is 35.4 Å². The summed E-state index contributed by atoms with van der Waals surface area (Å²) < 4.78 is 0. The number of benzene rings is 2. The van der Waals surface area contributed by atoms with E-state index >= 15 is 0 Å². The third-order valence-electron chi connectivity index (χ3n) is 4.19. The molecule has 2 heterocycles. The predicted molar refractivity (Wildman–Crippen MR) is 113 cm³/mol. The van der Waals surface area contributed by atoms with E-state index in [4.69, 9.17) is 5.11 Å². The van der Waals surface area contributed by atoms with E-state index in [1.165, 1.54) is 36.3 Å². The standard InChI is InChI=1S/C19H13N2.C5H8O2.Ir/c1-13-3-2-4-15(11-13)19-17-6-5-14-7-9-20-12-18(14)16(17)8-10-21-19;1-4(6)3-5(2)7;/h2-3,5-12H,1H3;3,6H,1-2H3;/q-1;;/b;4-3-;. The Bertz CT molecular complexity index is 1180. The average Bonchev–Trinajstić information content (AvgIpc) is 2.67. The monoisotopic (exact) mass is 562 g/mol. The Labute approximate surface area is 183 Å². The molecule has 0 amide bonds. The minimum atomic E-state index is -0.125. The molecule has 4 rings (SSSR count). The van der Waals surface area contributed by atoms with Gasteiger partial charge in [0.1, 0.15) is 0 Å². The molecule has 0 spiro atoms. The van der Waals surface area contributed by atoms with E-state index in [1.807, 2.05) is 36.8 Å². The fraction of sp³-hybridized carbons (Fsp3) is 0.125. The van der Waals surface area contributed by atoms with E-state index in [0.29, 0.717) is 0 Å². The van der Waals surface area contributed by atoms with Gasteiger partial charge < -0.3 is 10.1 Å². The first-order valence-corrected chi connectivity index (χ1v) is 8.93. The van der Waals surface area contributed by atoms with Crippen LogP contribution in [0.1, 0.15) is 19.4 Å². The van der Waals surface area contributed by atoms with Gasteiger partial charge in [-0.2, -0.15) is 0 Å². The van der Waals surface area contributed by atoms with Crippen LogP contribution in [0, 0.1) is 13.0 Å². The molecule has 149 valence electrons. The van der Waals surface area contributed by atoms with E-state index in [-0.39, 0.29) is 31.6 Å². The number of ketones is 1. The summed E-state index contributed by atoms with van der Waals surface area (Å²) in [7, 11) is 0. The van der Waals surface area contributed by atoms with E-state index in [1.54, 1.807) is 0 Å². The van der Waals surface area contributed by atoms with Gasteiger partial charge in [0.05, 0.1) is 5.76 Å². The fourth-order valence-electron chi connectivity index (χ4n) is 3.05. The van der Waals surface area contributed by atoms with Crippen LogP contribution in [0.25, 0.3) is 32.8 Å². The molecule has 0 aliphatic rings. The van der Waals surface area contributed by atoms with E-state index < -0.39 is 0 Å². The number of aliphatic hydroxyl groups is 1. The summed E-state index contributed by atoms with van der Waals surface area (Å²) in [4.78, 5) is 18.8. The molecule has 1 radical (unpaired) electrons. The molecule has 0 saturated heterocycles. The van der Waals surface area contributed by atoms with Crippen LogP contribution in [0.5, 0.6) is 0 Å². The van der Waals surface area contributed by atoms with Gasteiger partial charge in [-0.3, -0.25) is 9.78 Å². The quantitative estimate of drug-likeness (QED) is 0.150. The maximum Gasteiger partial charge on any atom is 0.155 e. The Morgan fingerprint density at radius 2 is 1.83 bits per heavy atom. The van der Waals surface area contributed by atoms with Gasteiger partial charge >= 0.3 is 0 Å². The van der Waals surface area contributed by atoms with Gasteiger partial charge in [0, 0.05) is 50.2 Å². The van der Waals surface area contributed by atoms with Gasteiger partial charge in [0.15, 0.2) is 5.78 Å². The van der Waals surface area contributed by atoms with Crippen LogP contribution in [0.4, 0.5) is 0 Å². The van der Waals surface area contributed by atoms with Crippen LogP contribution in [0.15, 0.2) is 72.9 Å². The number of nitrogens with zero attached hydrogens (tertiary/aromatic N) is 2. The topological polar surface area (TPSA) is 63.1 Å². The minimum Gasteiger partial charge on any atom is -0.512 e. The third-order valence-corrected chi connectivity index (χ3v) is 4.19. The van der Waals surface area contributed by atoms with Crippen LogP contribution in [0.3, 0.4) is 0 Å². The van der Waals surface area contributed by atoms with Crippen molar-refractivity contribution in [2.45, 2.75) is 20.8 Å². The maximum atomic E-state index is 10.0. The Balaban J connectivity index is 0.000000327. The van der Waals surface area contributed by atoms with Crippen LogP contribution >= 0.6 is 0 Å². The molecule has 4 aromatic rings. The van der Waals surface area contributed by atoms with Crippen LogP contribution in [-0.2, 0) is 24.9 Å². The molecule has 0 aliphatic heterocycles. The SMILES string of the molecule is CC(=O)/C=C(/C)O.Cc1cc[c-]c(-c2nccc3c2ccc2ccncc23)c1.[Ir]. The van der Waals surface area contributed by atoms with Gasteiger partial charge in [-0.05, 0) is 47.8 Å². The first kappa shape index (κ1) is 22.4. The Kier molecular flexibility index (Phi) is 7.77. The summed E-state index contributed by atoms with van der Waals surface area (Å²) in [5, 5.41) is 13.0. The Morgan fingerprint density at radius 1 is 1.03 bits per heavy atom. The number of hydrogen-bond donors (Lipinski definition) is 1. The third kappa shape index (κ3) is 5.56. The molecule has 2 aromatic carbocycles. The number of pyridine rings is 2. The normalized spacial score (nSPS) is 10.8. The first-order valence-electron chi connectivity index (χ1n) is 8.93. The number of rotatable bonds is 2. The van der Waals surface area contributed by atoms with Crippen LogP contribution in [0.2, 0.25) is 0 Å². The number of hydrogen-bond acceptors (Lipinski definition) is 4. The molecular formula is C24H21IrN2O2-. The molecule has 0 bridgehead atoms. The zero-order chi connectivity index (χ0) is 20.1. The molecular weight excluding hydrogens is 540 g/mol. The number of aromatic nitrogens is 2. The summed E-state index contributed by atoms with van der Waals surface area (Å²) in [6.07, 6.45) is 6.77. The van der Waals surface area contributed by atoms with Crippen molar-refractivity contribution < 1.29 is 30.0 Å². The van der Waals surface area contributed by atoms with Crippen molar-refractivity contribution in [3.8, 4) is 11.3 Å². The van der Waals surface area contributed by atoms with Crippen LogP contribution in [-0.4, -0.2) is 20.9 Å². The van der Waals surface area contributed by atoms with E-state index in [0.717, 1.165) is 22.0 Å². The van der Waals surface area contributed by atoms with Crippen molar-refractivity contribution in [1.82, 2.24) is 9.97 Å². The van der Waals surface area contributed by atoms with Crippen LogP contribution < -0.4 is 0 Å². The maximum absolute atomic E-state index is 10.0. The molecule has 4 nitrogen and oxygen atoms in total. The summed E-state index contributed by atoms with van der Waals surface area (Å²) >= 11 is 0. The van der Waals surface area contributed by atoms with Crippen molar-refractivity contribution >= 4 is 27.3 Å². The molecule has 5 heteroatoms. The molecule has 1 N–H and O–H groups in total. The largest absolute Gasteiger partial charge is 0.512 e.